The number of likely N-dealkylation sites (N-methyl/N-ethyl adjacent to an activating group) is 1. The van der Waals surface area contributed by atoms with E-state index in [-0.39, 0.29) is 5.91 Å². The molecule has 0 aliphatic carbocycles. The van der Waals surface area contributed by atoms with Crippen LogP contribution in [0.1, 0.15) is 25.3 Å². The van der Waals surface area contributed by atoms with E-state index < -0.39 is 16.3 Å². The van der Waals surface area contributed by atoms with Crippen LogP contribution in [-0.2, 0) is 21.4 Å². The van der Waals surface area contributed by atoms with Crippen molar-refractivity contribution in [2.45, 2.75) is 32.2 Å². The molecule has 1 aromatic carbocycles. The number of hydrogen-bond acceptors (Lipinski definition) is 3. The molecule has 0 unspecified atom stereocenters. The van der Waals surface area contributed by atoms with Crippen molar-refractivity contribution in [3.63, 3.8) is 0 Å². The second-order valence-electron chi connectivity index (χ2n) is 5.77. The summed E-state index contributed by atoms with van der Waals surface area (Å²) in [4.78, 5) is 13.7. The SMILES string of the molecule is CCCCN(C)S(=O)(=O)N[C@@H](Cc1ccccc1)C(=O)N(C)C. The molecular weight excluding hydrogens is 314 g/mol. The van der Waals surface area contributed by atoms with Crippen molar-refractivity contribution in [3.8, 4) is 0 Å². The summed E-state index contributed by atoms with van der Waals surface area (Å²) in [6, 6.07) is 8.56. The summed E-state index contributed by atoms with van der Waals surface area (Å²) in [5.41, 5.74) is 0.909. The van der Waals surface area contributed by atoms with Crippen LogP contribution in [-0.4, -0.2) is 57.3 Å². The maximum absolute atomic E-state index is 12.4. The van der Waals surface area contributed by atoms with Crippen LogP contribution in [0.4, 0.5) is 0 Å². The van der Waals surface area contributed by atoms with Gasteiger partial charge in [0.1, 0.15) is 6.04 Å². The maximum Gasteiger partial charge on any atom is 0.279 e. The topological polar surface area (TPSA) is 69.7 Å². The highest BCUT2D eigenvalue weighted by molar-refractivity contribution is 7.87. The van der Waals surface area contributed by atoms with Gasteiger partial charge in [-0.1, -0.05) is 43.7 Å². The molecule has 1 N–H and O–H groups in total. The third-order valence-corrected chi connectivity index (χ3v) is 5.14. The van der Waals surface area contributed by atoms with E-state index in [1.54, 1.807) is 14.1 Å². The first-order valence-electron chi connectivity index (χ1n) is 7.76. The molecule has 0 saturated heterocycles. The lowest BCUT2D eigenvalue weighted by atomic mass is 10.1. The largest absolute Gasteiger partial charge is 0.347 e. The van der Waals surface area contributed by atoms with Gasteiger partial charge in [-0.05, 0) is 18.4 Å². The molecule has 130 valence electrons. The predicted octanol–water partition coefficient (Wildman–Crippen LogP) is 1.25. The monoisotopic (exact) mass is 341 g/mol. The molecule has 0 aromatic heterocycles. The minimum absolute atomic E-state index is 0.263. The zero-order valence-electron chi connectivity index (χ0n) is 14.3. The van der Waals surface area contributed by atoms with Gasteiger partial charge in [0.05, 0.1) is 0 Å². The number of unbranched alkanes of at least 4 members (excludes halogenated alkanes) is 1. The number of rotatable bonds is 9. The quantitative estimate of drug-likeness (QED) is 0.735. The minimum atomic E-state index is -3.69. The first kappa shape index (κ1) is 19.6. The molecule has 0 radical (unpaired) electrons. The van der Waals surface area contributed by atoms with Crippen LogP contribution in [0.2, 0.25) is 0 Å². The van der Waals surface area contributed by atoms with Crippen LogP contribution < -0.4 is 4.72 Å². The van der Waals surface area contributed by atoms with Crippen molar-refractivity contribution in [1.82, 2.24) is 13.9 Å². The summed E-state index contributed by atoms with van der Waals surface area (Å²) in [6.45, 7) is 2.43. The molecule has 23 heavy (non-hydrogen) atoms. The van der Waals surface area contributed by atoms with E-state index in [1.165, 1.54) is 16.3 Å². The first-order chi connectivity index (χ1) is 10.8. The predicted molar refractivity (Wildman–Crippen MR) is 92.2 cm³/mol. The zero-order valence-corrected chi connectivity index (χ0v) is 15.1. The molecule has 0 aliphatic heterocycles. The van der Waals surface area contributed by atoms with Gasteiger partial charge in [0.15, 0.2) is 0 Å². The molecule has 7 heteroatoms. The Hall–Kier alpha value is -1.44. The van der Waals surface area contributed by atoms with Gasteiger partial charge >= 0.3 is 0 Å². The summed E-state index contributed by atoms with van der Waals surface area (Å²) in [5.74, 6) is -0.263. The highest BCUT2D eigenvalue weighted by atomic mass is 32.2. The maximum atomic E-state index is 12.4. The smallest absolute Gasteiger partial charge is 0.279 e. The van der Waals surface area contributed by atoms with E-state index in [1.807, 2.05) is 37.3 Å². The molecule has 1 atom stereocenters. The van der Waals surface area contributed by atoms with Crippen LogP contribution >= 0.6 is 0 Å². The fourth-order valence-electron chi connectivity index (χ4n) is 2.11. The number of benzene rings is 1. The standard InChI is InChI=1S/C16H27N3O3S/c1-5-6-12-19(4)23(21,22)17-15(16(20)18(2)3)13-14-10-8-7-9-11-14/h7-11,15,17H,5-6,12-13H2,1-4H3/t15-/m0/s1. The Kier molecular flexibility index (Phi) is 7.67. The lowest BCUT2D eigenvalue weighted by Gasteiger charge is -2.25. The molecular formula is C16H27N3O3S. The molecule has 1 amide bonds. The van der Waals surface area contributed by atoms with Gasteiger partial charge in [-0.2, -0.15) is 17.4 Å². The Morgan fingerprint density at radius 1 is 1.17 bits per heavy atom. The Labute approximate surface area is 139 Å². The van der Waals surface area contributed by atoms with Crippen molar-refractivity contribution in [2.75, 3.05) is 27.7 Å². The van der Waals surface area contributed by atoms with Crippen LogP contribution in [0.3, 0.4) is 0 Å². The van der Waals surface area contributed by atoms with Crippen LogP contribution in [0, 0.1) is 0 Å². The van der Waals surface area contributed by atoms with Gasteiger partial charge < -0.3 is 4.90 Å². The van der Waals surface area contributed by atoms with Crippen molar-refractivity contribution in [2.24, 2.45) is 0 Å². The zero-order chi connectivity index (χ0) is 17.5. The number of carbonyl (C=O) groups excluding carboxylic acids is 1. The summed E-state index contributed by atoms with van der Waals surface area (Å²) in [6.07, 6.45) is 2.00. The van der Waals surface area contributed by atoms with E-state index in [9.17, 15) is 13.2 Å². The number of amides is 1. The Balaban J connectivity index is 2.90. The van der Waals surface area contributed by atoms with Crippen molar-refractivity contribution in [1.29, 1.82) is 0 Å². The van der Waals surface area contributed by atoms with Crippen LogP contribution in [0.15, 0.2) is 30.3 Å². The molecule has 0 saturated carbocycles. The van der Waals surface area contributed by atoms with Gasteiger partial charge in [0.2, 0.25) is 5.91 Å². The number of nitrogens with zero attached hydrogens (tertiary/aromatic N) is 2. The molecule has 0 bridgehead atoms. The third kappa shape index (κ3) is 6.29. The third-order valence-electron chi connectivity index (χ3n) is 3.55. The minimum Gasteiger partial charge on any atom is -0.347 e. The second-order valence-corrected chi connectivity index (χ2v) is 7.58. The van der Waals surface area contributed by atoms with E-state index in [4.69, 9.17) is 0 Å². The van der Waals surface area contributed by atoms with Gasteiger partial charge in [0.25, 0.3) is 10.2 Å². The molecule has 0 fully saturated rings. The van der Waals surface area contributed by atoms with E-state index in [0.717, 1.165) is 18.4 Å². The van der Waals surface area contributed by atoms with Crippen molar-refractivity contribution >= 4 is 16.1 Å². The summed E-state index contributed by atoms with van der Waals surface area (Å²) in [7, 11) is 1.07. The van der Waals surface area contributed by atoms with E-state index in [0.29, 0.717) is 13.0 Å². The lowest BCUT2D eigenvalue weighted by Crippen LogP contribution is -2.51. The number of hydrogen-bond donors (Lipinski definition) is 1. The Morgan fingerprint density at radius 2 is 1.78 bits per heavy atom. The molecule has 6 nitrogen and oxygen atoms in total. The molecule has 0 heterocycles. The highest BCUT2D eigenvalue weighted by Gasteiger charge is 2.28. The first-order valence-corrected chi connectivity index (χ1v) is 9.20. The van der Waals surface area contributed by atoms with Gasteiger partial charge in [-0.15, -0.1) is 0 Å². The van der Waals surface area contributed by atoms with Crippen molar-refractivity contribution < 1.29 is 13.2 Å². The Morgan fingerprint density at radius 3 is 2.30 bits per heavy atom. The molecule has 1 rings (SSSR count). The summed E-state index contributed by atoms with van der Waals surface area (Å²) < 4.78 is 28.6. The number of nitrogens with one attached hydrogen (secondary N) is 1. The van der Waals surface area contributed by atoms with Gasteiger partial charge in [-0.3, -0.25) is 4.79 Å². The fraction of sp³-hybridized carbons (Fsp3) is 0.562. The molecule has 1 aromatic rings. The normalized spacial score (nSPS) is 13.1. The highest BCUT2D eigenvalue weighted by Crippen LogP contribution is 2.08. The second kappa shape index (κ2) is 9.00. The fourth-order valence-corrected chi connectivity index (χ4v) is 3.20. The van der Waals surface area contributed by atoms with Crippen molar-refractivity contribution in [3.05, 3.63) is 35.9 Å². The lowest BCUT2D eigenvalue weighted by molar-refractivity contribution is -0.130. The number of carbonyl (C=O) groups is 1. The van der Waals surface area contributed by atoms with E-state index >= 15 is 0 Å². The van der Waals surface area contributed by atoms with Gasteiger partial charge in [0, 0.05) is 27.7 Å². The average Bonchev–Trinajstić information content (AvgIpc) is 2.51. The average molecular weight is 341 g/mol. The van der Waals surface area contributed by atoms with Crippen LogP contribution in [0.25, 0.3) is 0 Å². The molecule has 0 aliphatic rings. The van der Waals surface area contributed by atoms with Crippen LogP contribution in [0.5, 0.6) is 0 Å². The Bertz CT molecular complexity index is 588. The summed E-state index contributed by atoms with van der Waals surface area (Å²) in [5, 5.41) is 0. The van der Waals surface area contributed by atoms with E-state index in [2.05, 4.69) is 4.72 Å². The molecule has 0 spiro atoms. The summed E-state index contributed by atoms with van der Waals surface area (Å²) >= 11 is 0. The van der Waals surface area contributed by atoms with Gasteiger partial charge in [-0.25, -0.2) is 0 Å².